The van der Waals surface area contributed by atoms with Crippen LogP contribution < -0.4 is 10.5 Å². The van der Waals surface area contributed by atoms with Crippen LogP contribution in [0.5, 0.6) is 0 Å². The Morgan fingerprint density at radius 3 is 2.80 bits per heavy atom. The van der Waals surface area contributed by atoms with Crippen molar-refractivity contribution in [1.29, 1.82) is 5.26 Å². The van der Waals surface area contributed by atoms with Gasteiger partial charge < -0.3 is 19.2 Å². The van der Waals surface area contributed by atoms with Crippen molar-refractivity contribution in [2.24, 2.45) is 0 Å². The first kappa shape index (κ1) is 29.4. The third kappa shape index (κ3) is 4.90. The van der Waals surface area contributed by atoms with Crippen molar-refractivity contribution >= 4 is 45.9 Å². The molecule has 1 saturated heterocycles. The van der Waals surface area contributed by atoms with Crippen molar-refractivity contribution in [3.05, 3.63) is 99.4 Å². The Morgan fingerprint density at radius 2 is 2.11 bits per heavy atom. The van der Waals surface area contributed by atoms with Gasteiger partial charge in [-0.2, -0.15) is 10.4 Å². The maximum Gasteiger partial charge on any atom is 0.271 e. The molecule has 1 amide bonds. The second-order valence-electron chi connectivity index (χ2n) is 10.5. The molecule has 2 aliphatic heterocycles. The van der Waals surface area contributed by atoms with Gasteiger partial charge in [-0.05, 0) is 30.3 Å². The number of halogens is 3. The number of nitrogens with zero attached hydrogens (tertiary/aromatic N) is 7. The van der Waals surface area contributed by atoms with Crippen LogP contribution in [0.2, 0.25) is 5.02 Å². The lowest BCUT2D eigenvalue weighted by Crippen LogP contribution is -2.56. The molecular formula is C31H24ClF2N7O2S. The van der Waals surface area contributed by atoms with E-state index in [-0.39, 0.29) is 48.2 Å². The minimum absolute atomic E-state index is 0.0226. The van der Waals surface area contributed by atoms with E-state index in [1.807, 2.05) is 4.90 Å². The molecule has 13 heteroatoms. The van der Waals surface area contributed by atoms with Crippen LogP contribution in [-0.2, 0) is 11.3 Å². The maximum absolute atomic E-state index is 15.2. The molecule has 6 rings (SSSR count). The number of hydrogen-bond donors (Lipinski definition) is 0. The fourth-order valence-electron chi connectivity index (χ4n) is 6.10. The van der Waals surface area contributed by atoms with E-state index in [4.69, 9.17) is 18.2 Å². The third-order valence-corrected chi connectivity index (χ3v) is 9.52. The summed E-state index contributed by atoms with van der Waals surface area (Å²) in [5.41, 5.74) is 0.627. The summed E-state index contributed by atoms with van der Waals surface area (Å²) < 4.78 is 32.3. The van der Waals surface area contributed by atoms with E-state index in [9.17, 15) is 19.2 Å². The fraction of sp³-hybridized carbons (Fsp3) is 0.258. The first-order chi connectivity index (χ1) is 21.3. The molecule has 2 atom stereocenters. The summed E-state index contributed by atoms with van der Waals surface area (Å²) >= 11 is 8.29. The number of pyridine rings is 1. The number of nitriles is 1. The molecule has 44 heavy (non-hydrogen) atoms. The number of anilines is 1. The van der Waals surface area contributed by atoms with E-state index in [2.05, 4.69) is 22.6 Å². The van der Waals surface area contributed by atoms with Crippen molar-refractivity contribution in [1.82, 2.24) is 19.2 Å². The lowest BCUT2D eigenvalue weighted by atomic mass is 9.98. The smallest absolute Gasteiger partial charge is 0.271 e. The Kier molecular flexibility index (Phi) is 7.89. The lowest BCUT2D eigenvalue weighted by molar-refractivity contribution is -0.128. The predicted octanol–water partition coefficient (Wildman–Crippen LogP) is 5.14. The highest BCUT2D eigenvalue weighted by molar-refractivity contribution is 7.99. The molecule has 1 unspecified atom stereocenters. The predicted molar refractivity (Wildman–Crippen MR) is 165 cm³/mol. The van der Waals surface area contributed by atoms with Gasteiger partial charge in [-0.25, -0.2) is 15.4 Å². The number of carbonyl (C=O) groups excluding carboxylic acids is 1. The number of piperazine rings is 1. The Labute approximate surface area is 260 Å². The molecule has 0 aliphatic carbocycles. The van der Waals surface area contributed by atoms with Crippen LogP contribution in [0, 0.1) is 29.5 Å². The van der Waals surface area contributed by atoms with Crippen LogP contribution in [0.4, 0.5) is 14.5 Å². The van der Waals surface area contributed by atoms with Gasteiger partial charge in [0.05, 0.1) is 28.8 Å². The molecule has 4 heterocycles. The van der Waals surface area contributed by atoms with Gasteiger partial charge in [-0.15, -0.1) is 11.8 Å². The zero-order chi connectivity index (χ0) is 31.1. The summed E-state index contributed by atoms with van der Waals surface area (Å²) in [4.78, 5) is 34.3. The van der Waals surface area contributed by atoms with Gasteiger partial charge in [0.1, 0.15) is 29.3 Å². The number of rotatable bonds is 6. The van der Waals surface area contributed by atoms with Crippen molar-refractivity contribution in [3.8, 4) is 17.2 Å². The molecule has 2 aliphatic rings. The summed E-state index contributed by atoms with van der Waals surface area (Å²) in [6.45, 7) is 12.1. The summed E-state index contributed by atoms with van der Waals surface area (Å²) in [5.74, 6) is -1.43. The molecule has 0 N–H and O–H groups in total. The Morgan fingerprint density at radius 1 is 1.30 bits per heavy atom. The average Bonchev–Trinajstić information content (AvgIpc) is 3.52. The van der Waals surface area contributed by atoms with E-state index in [0.717, 1.165) is 12.1 Å². The van der Waals surface area contributed by atoms with Gasteiger partial charge in [-0.3, -0.25) is 14.3 Å². The molecular weight excluding hydrogens is 608 g/mol. The molecule has 4 aromatic rings. The van der Waals surface area contributed by atoms with Gasteiger partial charge in [0.25, 0.3) is 5.56 Å². The summed E-state index contributed by atoms with van der Waals surface area (Å²) in [5, 5.41) is 15.4. The van der Waals surface area contributed by atoms with Crippen molar-refractivity contribution in [2.45, 2.75) is 23.5 Å². The number of benzene rings is 2. The summed E-state index contributed by atoms with van der Waals surface area (Å²) in [7, 11) is 0. The van der Waals surface area contributed by atoms with Crippen molar-refractivity contribution < 1.29 is 13.6 Å². The standard InChI is InChI=1S/C31H24ClF2N7O2S/c1-3-26(42)40-10-9-38(15-19(40)14-36-2)28-22-12-24(32)27(21-6-5-18(33)11-25(21)34)30-29(22)41(31(43)23(28)13-35)20(17-44-30)16-39-8-4-7-37-39/h3-8,11-12,19-20H,1,9-10,14-17H2/t19-,20?/m0/s1. The molecule has 0 bridgehead atoms. The number of carbonyl (C=O) groups is 1. The van der Waals surface area contributed by atoms with Gasteiger partial charge in [0.15, 0.2) is 0 Å². The minimum Gasteiger partial charge on any atom is -0.366 e. The molecule has 2 aromatic heterocycles. The van der Waals surface area contributed by atoms with E-state index < -0.39 is 29.3 Å². The van der Waals surface area contributed by atoms with Crippen molar-refractivity contribution in [2.75, 3.05) is 36.8 Å². The second-order valence-corrected chi connectivity index (χ2v) is 11.9. The van der Waals surface area contributed by atoms with Crippen LogP contribution >= 0.6 is 23.4 Å². The van der Waals surface area contributed by atoms with E-state index in [0.29, 0.717) is 39.3 Å². The molecule has 2 aromatic carbocycles. The highest BCUT2D eigenvalue weighted by atomic mass is 35.5. The van der Waals surface area contributed by atoms with Crippen LogP contribution in [0.3, 0.4) is 0 Å². The molecule has 9 nitrogen and oxygen atoms in total. The largest absolute Gasteiger partial charge is 0.366 e. The SMILES string of the molecule is [C-]#[N+]C[C@H]1CN(c2c(C#N)c(=O)n3c4c(c(-c5ccc(F)cc5F)c(Cl)cc24)SCC3Cn2cccn2)CCN1C(=O)C=C. The number of thioether (sulfide) groups is 1. The Balaban J connectivity index is 1.62. The monoisotopic (exact) mass is 631 g/mol. The molecule has 0 saturated carbocycles. The number of amides is 1. The molecule has 0 spiro atoms. The molecule has 1 fully saturated rings. The Bertz CT molecular complexity index is 1970. The zero-order valence-corrected chi connectivity index (χ0v) is 24.8. The van der Waals surface area contributed by atoms with Gasteiger partial charge in [-0.1, -0.05) is 18.2 Å². The van der Waals surface area contributed by atoms with Crippen LogP contribution in [0.1, 0.15) is 11.6 Å². The van der Waals surface area contributed by atoms with Crippen molar-refractivity contribution in [3.63, 3.8) is 0 Å². The summed E-state index contributed by atoms with van der Waals surface area (Å²) in [6, 6.07) is 7.86. The fourth-order valence-corrected chi connectivity index (χ4v) is 7.78. The van der Waals surface area contributed by atoms with Crippen LogP contribution in [-0.4, -0.2) is 63.1 Å². The van der Waals surface area contributed by atoms with Gasteiger partial charge in [0, 0.05) is 65.3 Å². The van der Waals surface area contributed by atoms with Crippen LogP contribution in [0.15, 0.2) is 65.1 Å². The topological polar surface area (TPSA) is 91.5 Å². The maximum atomic E-state index is 15.2. The molecule has 222 valence electrons. The third-order valence-electron chi connectivity index (χ3n) is 7.99. The molecule has 0 radical (unpaired) electrons. The quantitative estimate of drug-likeness (QED) is 0.216. The highest BCUT2D eigenvalue weighted by Gasteiger charge is 2.37. The van der Waals surface area contributed by atoms with E-state index >= 15 is 4.39 Å². The number of hydrogen-bond acceptors (Lipinski definition) is 6. The average molecular weight is 632 g/mol. The first-order valence-corrected chi connectivity index (χ1v) is 15.0. The van der Waals surface area contributed by atoms with E-state index in [1.165, 1.54) is 23.9 Å². The van der Waals surface area contributed by atoms with Crippen LogP contribution in [0.25, 0.3) is 26.9 Å². The van der Waals surface area contributed by atoms with Gasteiger partial charge >= 0.3 is 0 Å². The first-order valence-electron chi connectivity index (χ1n) is 13.7. The number of aromatic nitrogens is 3. The Hall–Kier alpha value is -4.65. The minimum atomic E-state index is -0.797. The normalized spacial score (nSPS) is 17.8. The van der Waals surface area contributed by atoms with E-state index in [1.54, 1.807) is 38.7 Å². The second kappa shape index (κ2) is 11.8. The van der Waals surface area contributed by atoms with Gasteiger partial charge in [0.2, 0.25) is 12.5 Å². The highest BCUT2D eigenvalue weighted by Crippen LogP contribution is 2.49. The summed E-state index contributed by atoms with van der Waals surface area (Å²) in [6.07, 6.45) is 4.62. The zero-order valence-electron chi connectivity index (χ0n) is 23.2. The lowest BCUT2D eigenvalue weighted by Gasteiger charge is -2.41.